The van der Waals surface area contributed by atoms with E-state index in [-0.39, 0.29) is 136 Å². The maximum atomic E-state index is 17.2. The van der Waals surface area contributed by atoms with Crippen molar-refractivity contribution in [1.82, 2.24) is 0 Å². The van der Waals surface area contributed by atoms with Gasteiger partial charge in [-0.15, -0.1) is 23.2 Å². The number of hydrogen-bond donors (Lipinski definition) is 9. The molecule has 1 heterocycles. The van der Waals surface area contributed by atoms with Crippen LogP contribution in [0.1, 0.15) is 206 Å². The lowest BCUT2D eigenvalue weighted by molar-refractivity contribution is -0.227. The number of ketones is 8. The fourth-order valence-electron chi connectivity index (χ4n) is 30.4. The molecule has 119 heavy (non-hydrogen) atoms. The Hall–Kier alpha value is -5.25. The number of carbonyl (C=O) groups excluding carboxylic acids is 9. The van der Waals surface area contributed by atoms with Gasteiger partial charge in [-0.2, -0.15) is 0 Å². The summed E-state index contributed by atoms with van der Waals surface area (Å²) in [5.41, 5.74) is -13.1. The number of allylic oxidation sites excluding steroid dienone is 16. The van der Waals surface area contributed by atoms with Crippen molar-refractivity contribution in [2.24, 2.45) is 120 Å². The van der Waals surface area contributed by atoms with Gasteiger partial charge < -0.3 is 60.2 Å². The summed E-state index contributed by atoms with van der Waals surface area (Å²) in [5.74, 6) is -5.95. The van der Waals surface area contributed by atoms with Gasteiger partial charge in [-0.1, -0.05) is 129 Å². The summed E-state index contributed by atoms with van der Waals surface area (Å²) < 4.78 is 52.6. The van der Waals surface area contributed by atoms with Crippen LogP contribution in [0, 0.1) is 120 Å². The van der Waals surface area contributed by atoms with Gasteiger partial charge in [0.1, 0.15) is 31.0 Å². The molecule has 16 aliphatic carbocycles. The Bertz CT molecular complexity index is 4430. The number of fused-ring (bicyclic) bond motifs is 22. The molecule has 17 aliphatic rings. The highest BCUT2D eigenvalue weighted by atomic mass is 35.5. The van der Waals surface area contributed by atoms with Gasteiger partial charge in [-0.05, 0) is 213 Å². The smallest absolute Gasteiger partial charge is 0.306 e. The van der Waals surface area contributed by atoms with Crippen LogP contribution in [0.2, 0.25) is 0 Å². The first kappa shape index (κ1) is 90.0. The third-order valence-corrected chi connectivity index (χ3v) is 36.8. The van der Waals surface area contributed by atoms with Crippen molar-refractivity contribution in [2.45, 2.75) is 282 Å². The predicted octanol–water partition coefficient (Wildman–Crippen LogP) is 10.7. The lowest BCUT2D eigenvalue weighted by Gasteiger charge is -2.62. The van der Waals surface area contributed by atoms with Gasteiger partial charge in [0.15, 0.2) is 75.1 Å². The number of aliphatic hydroxyl groups is 9. The molecule has 13 fully saturated rings. The molecule has 34 atom stereocenters. The monoisotopic (exact) mass is 1700 g/mol. The Morgan fingerprint density at radius 3 is 1.46 bits per heavy atom. The van der Waals surface area contributed by atoms with Crippen LogP contribution in [0.4, 0.5) is 8.78 Å². The normalized spacial score (nSPS) is 50.5. The molecule has 654 valence electrons. The molecule has 0 spiro atoms. The van der Waals surface area contributed by atoms with E-state index in [1.165, 1.54) is 24.3 Å². The second-order valence-corrected chi connectivity index (χ2v) is 41.6. The molecule has 0 aromatic carbocycles. The predicted molar refractivity (Wildman–Crippen MR) is 435 cm³/mol. The van der Waals surface area contributed by atoms with Crippen molar-refractivity contribution in [3.8, 4) is 0 Å². The second-order valence-electron chi connectivity index (χ2n) is 40.8. The van der Waals surface area contributed by atoms with Crippen LogP contribution in [0.5, 0.6) is 0 Å². The first-order chi connectivity index (χ1) is 55.6. The lowest BCUT2D eigenvalue weighted by atomic mass is 9.44. The average Bonchev–Trinajstić information content (AvgIpc) is 1.14. The molecule has 9 unspecified atom stereocenters. The van der Waals surface area contributed by atoms with E-state index >= 15 is 8.78 Å². The number of esters is 1. The van der Waals surface area contributed by atoms with E-state index in [2.05, 4.69) is 27.7 Å². The average molecular weight is 1700 g/mol. The van der Waals surface area contributed by atoms with Crippen LogP contribution in [0.3, 0.4) is 0 Å². The summed E-state index contributed by atoms with van der Waals surface area (Å²) in [6.07, 6.45) is 23.2. The van der Waals surface area contributed by atoms with Crippen molar-refractivity contribution in [2.75, 3.05) is 25.7 Å². The zero-order valence-electron chi connectivity index (χ0n) is 71.0. The Kier molecular flexibility index (Phi) is 23.1. The molecule has 25 heteroatoms. The highest BCUT2D eigenvalue weighted by Crippen LogP contribution is 2.76. The number of halogens is 4. The fraction of sp³-hybridized carbons (Fsp3) is 0.734. The molecule has 1 saturated heterocycles. The molecule has 0 radical (unpaired) electrons. The largest absolute Gasteiger partial charge is 0.450 e. The van der Waals surface area contributed by atoms with Crippen LogP contribution in [0.15, 0.2) is 95.2 Å². The van der Waals surface area contributed by atoms with Crippen molar-refractivity contribution in [1.29, 1.82) is 0 Å². The summed E-state index contributed by atoms with van der Waals surface area (Å²) in [6, 6.07) is 0. The van der Waals surface area contributed by atoms with Crippen molar-refractivity contribution in [3.63, 3.8) is 0 Å². The van der Waals surface area contributed by atoms with Gasteiger partial charge in [0, 0.05) is 84.7 Å². The van der Waals surface area contributed by atoms with E-state index in [9.17, 15) is 89.1 Å². The van der Waals surface area contributed by atoms with Crippen molar-refractivity contribution >= 4 is 75.4 Å². The summed E-state index contributed by atoms with van der Waals surface area (Å²) in [7, 11) is 0. The standard InChI is InChI=1S/C25H32ClFO5.C25H34O6.C22H29ClO5.C22H29FO5/c1-5-21(31)32-25(20(30)13-26)14(2)10-18-17-7-6-15-11-16(28)8-9-22(15,3)24(17,27)19(29)12-23(18,25)4;1-4-5-21-30-20-11-17-16-7-6-14-10-15(27)8-9-23(14,2)22(16)18(28)12-24(17,3)25(20,31-21)19(29)13-26;1-11-6-14-18-15(23)8-12-7-13(25)4-5-20(12,2)19(18)16(26)9-21(14,3)22(11,28)17(27)10-24;1-12-8-16-15-5-4-13-9-14(25)6-7-19(13,2)21(15,23)17(26)10-20(16,3)22(12,28)18(27)11-24/h8-9,11,14,17-19,29H,5-7,10,12-13H2,1-4H3;8-10,16-18,20-22,26,28H,4-7,11-13H2,1-3H3;4-5,7,11,14-16,18-19,24,26,28H,6,8-10H2,1-3H3;6-7,9,12,15-17,24,26,28H,4-5,8,10-11H2,1-3H3/t;16-,17-,18-,20+,21?,22+,23-,24-,25+;11-,14+,15-,16+,18-,19+,20+,21+,22+;12-,15-,16-,17-,19-,20-,21-,22-/m.010/s1. The number of alkyl halides is 4. The van der Waals surface area contributed by atoms with Gasteiger partial charge in [0.05, 0.1) is 36.4 Å². The minimum Gasteiger partial charge on any atom is -0.450 e. The molecule has 0 amide bonds. The first-order valence-electron chi connectivity index (χ1n) is 43.6. The molecule has 21 nitrogen and oxygen atoms in total. The molecule has 12 saturated carbocycles. The highest BCUT2D eigenvalue weighted by molar-refractivity contribution is 6.29. The summed E-state index contributed by atoms with van der Waals surface area (Å²) in [5, 5.41) is 96.8. The van der Waals surface area contributed by atoms with Crippen LogP contribution in [-0.2, 0) is 57.4 Å². The third kappa shape index (κ3) is 12.1. The lowest BCUT2D eigenvalue weighted by Crippen LogP contribution is -2.70. The van der Waals surface area contributed by atoms with Crippen LogP contribution < -0.4 is 0 Å². The van der Waals surface area contributed by atoms with Crippen LogP contribution in [0.25, 0.3) is 0 Å². The SMILES string of the molecule is CCC(=O)OC1(C(=O)CCl)C(C)CC2C3CCC4=CC(=O)C=CC4(C)C3(F)C(O)CC21C.CCCC1O[C@@H]2C[C@H]3[C@@H]4CCC5=CC(=O)C=C[C@]5(C)[C@H]4[C@@H](O)C[C@]3(C)[C@]2(C(=O)CO)O1.C[C@@H]1C[C@H]2[C@H]3[C@H]([C@@H](O)C[C@]2(C)[C@@]1(O)C(=O)CO)[C@@]1(C)C=CC(=O)C=C1C[C@H]3Cl.C[C@H]1C[C@H]2[C@@H]3CCC4=CC(=O)C=C[C@]4(C)[C@@]3(F)[C@@H](O)C[C@]2(C)[C@@]1(O)C(=O)CO. The first-order valence-corrected chi connectivity index (χ1v) is 44.6. The number of aliphatic hydroxyl groups excluding tert-OH is 7. The molecular formula is C94H124Cl2F2O21. The quantitative estimate of drug-likeness (QED) is 0.0647. The minimum absolute atomic E-state index is 0.0125. The number of Topliss-reactive ketones (excluding diaryl/α,β-unsaturated/α-hetero) is 4. The molecule has 0 aromatic rings. The van der Waals surface area contributed by atoms with Gasteiger partial charge in [0.25, 0.3) is 0 Å². The minimum atomic E-state index is -1.99. The molecule has 0 aromatic heterocycles. The summed E-state index contributed by atoms with van der Waals surface area (Å²) >= 11 is 12.9. The molecule has 17 rings (SSSR count). The van der Waals surface area contributed by atoms with E-state index in [0.29, 0.717) is 81.8 Å². The van der Waals surface area contributed by atoms with E-state index in [1.807, 2.05) is 39.8 Å². The number of hydrogen-bond acceptors (Lipinski definition) is 21. The Morgan fingerprint density at radius 1 is 0.521 bits per heavy atom. The fourth-order valence-corrected chi connectivity index (χ4v) is 31.1. The van der Waals surface area contributed by atoms with Crippen molar-refractivity contribution in [3.05, 3.63) is 95.2 Å². The number of rotatable bonds is 12. The Balaban J connectivity index is 0.000000130. The number of carbonyl (C=O) groups is 9. The summed E-state index contributed by atoms with van der Waals surface area (Å²) in [4.78, 5) is 112. The van der Waals surface area contributed by atoms with Crippen LogP contribution >= 0.6 is 23.2 Å². The maximum Gasteiger partial charge on any atom is 0.306 e. The zero-order chi connectivity index (χ0) is 87.2. The molecule has 0 bridgehead atoms. The van der Waals surface area contributed by atoms with E-state index in [1.54, 1.807) is 71.1 Å². The molecule has 1 aliphatic heterocycles. The number of ether oxygens (including phenoxy) is 3. The van der Waals surface area contributed by atoms with Crippen LogP contribution in [-0.4, -0.2) is 200 Å². The van der Waals surface area contributed by atoms with Gasteiger partial charge in [0.2, 0.25) is 0 Å². The zero-order valence-corrected chi connectivity index (χ0v) is 72.5. The Labute approximate surface area is 706 Å². The summed E-state index contributed by atoms with van der Waals surface area (Å²) in [6.45, 7) is 22.3. The topological polar surface area (TPSA) is 363 Å². The van der Waals surface area contributed by atoms with E-state index in [0.717, 1.165) is 30.4 Å². The molecular weight excluding hydrogens is 1570 g/mol. The van der Waals surface area contributed by atoms with Gasteiger partial charge in [-0.25, -0.2) is 8.78 Å². The highest BCUT2D eigenvalue weighted by Gasteiger charge is 2.81. The second kappa shape index (κ2) is 30.5. The van der Waals surface area contributed by atoms with E-state index < -0.39 is 164 Å². The van der Waals surface area contributed by atoms with E-state index in [4.69, 9.17) is 37.4 Å². The van der Waals surface area contributed by atoms with Gasteiger partial charge >= 0.3 is 5.97 Å². The Morgan fingerprint density at radius 2 is 0.958 bits per heavy atom. The van der Waals surface area contributed by atoms with Crippen molar-refractivity contribution < 1.29 is 112 Å². The maximum absolute atomic E-state index is 17.2. The third-order valence-electron chi connectivity index (χ3n) is 36.1. The molecule has 9 N–H and O–H groups in total. The van der Waals surface area contributed by atoms with Gasteiger partial charge in [-0.3, -0.25) is 43.2 Å².